The number of hydrogen-bond donors (Lipinski definition) is 1. The molecule has 10 heteroatoms. The van der Waals surface area contributed by atoms with Gasteiger partial charge < -0.3 is 9.84 Å². The van der Waals surface area contributed by atoms with E-state index >= 15 is 0 Å². The van der Waals surface area contributed by atoms with Crippen molar-refractivity contribution in [2.24, 2.45) is 5.92 Å². The molecule has 0 spiro atoms. The number of halogens is 2. The van der Waals surface area contributed by atoms with Gasteiger partial charge in [-0.1, -0.05) is 52.7 Å². The number of rotatable bonds is 6. The van der Waals surface area contributed by atoms with Crippen LogP contribution in [0.5, 0.6) is 0 Å². The molecule has 7 nitrogen and oxygen atoms in total. The van der Waals surface area contributed by atoms with Gasteiger partial charge in [0.15, 0.2) is 10.7 Å². The lowest BCUT2D eigenvalue weighted by Gasteiger charge is -2.30. The van der Waals surface area contributed by atoms with Crippen LogP contribution >= 0.6 is 11.6 Å². The molecule has 35 heavy (non-hydrogen) atoms. The van der Waals surface area contributed by atoms with E-state index in [0.29, 0.717) is 12.8 Å². The van der Waals surface area contributed by atoms with E-state index in [-0.39, 0.29) is 46.1 Å². The van der Waals surface area contributed by atoms with Crippen molar-refractivity contribution in [2.75, 3.05) is 18.4 Å². The predicted molar refractivity (Wildman–Crippen MR) is 133 cm³/mol. The van der Waals surface area contributed by atoms with Crippen LogP contribution in [-0.4, -0.2) is 36.9 Å². The number of aromatic nitrogens is 1. The second kappa shape index (κ2) is 10.3. The molecule has 1 aromatic heterocycles. The first-order valence-corrected chi connectivity index (χ1v) is 12.9. The van der Waals surface area contributed by atoms with Crippen LogP contribution in [0.3, 0.4) is 0 Å². The van der Waals surface area contributed by atoms with Crippen LogP contribution in [0.15, 0.2) is 51.9 Å². The summed E-state index contributed by atoms with van der Waals surface area (Å²) >= 11 is 5.75. The maximum absolute atomic E-state index is 14.0. The molecule has 1 amide bonds. The third kappa shape index (κ3) is 5.63. The number of carbonyl (C=O) groups is 1. The Hall–Kier alpha value is -3.01. The van der Waals surface area contributed by atoms with E-state index in [1.165, 1.54) is 16.4 Å². The minimum Gasteiger partial charge on any atom is -0.355 e. The lowest BCUT2D eigenvalue weighted by Crippen LogP contribution is -2.41. The summed E-state index contributed by atoms with van der Waals surface area (Å²) in [5, 5.41) is 6.67. The molecule has 2 aromatic carbocycles. The first kappa shape index (κ1) is 25.1. The molecular formula is C25H25ClFN3O4S. The molecule has 0 radical (unpaired) electrons. The van der Waals surface area contributed by atoms with Gasteiger partial charge in [-0.3, -0.25) is 4.79 Å². The summed E-state index contributed by atoms with van der Waals surface area (Å²) in [6.45, 7) is 3.87. The molecule has 1 saturated heterocycles. The Morgan fingerprint density at radius 2 is 1.83 bits per heavy atom. The average molecular weight is 518 g/mol. The molecule has 0 saturated carbocycles. The summed E-state index contributed by atoms with van der Waals surface area (Å²) in [5.74, 6) is -1.27. The molecule has 1 aliphatic rings. The van der Waals surface area contributed by atoms with Crippen LogP contribution in [0.4, 0.5) is 10.1 Å². The summed E-state index contributed by atoms with van der Waals surface area (Å²) in [7, 11) is -3.89. The molecule has 184 valence electrons. The Bertz CT molecular complexity index is 1360. The highest BCUT2D eigenvalue weighted by Crippen LogP contribution is 2.30. The summed E-state index contributed by atoms with van der Waals surface area (Å²) in [5.41, 5.74) is 2.33. The number of benzene rings is 2. The van der Waals surface area contributed by atoms with Gasteiger partial charge in [0.2, 0.25) is 15.9 Å². The van der Waals surface area contributed by atoms with E-state index < -0.39 is 21.8 Å². The summed E-state index contributed by atoms with van der Waals surface area (Å²) in [6, 6.07) is 11.8. The van der Waals surface area contributed by atoms with Gasteiger partial charge in [0.25, 0.3) is 0 Å². The molecule has 3 aromatic rings. The number of amides is 1. The topological polar surface area (TPSA) is 92.5 Å². The van der Waals surface area contributed by atoms with E-state index in [2.05, 4.69) is 10.5 Å². The summed E-state index contributed by atoms with van der Waals surface area (Å²) < 4.78 is 47.5. The molecule has 1 aliphatic heterocycles. The summed E-state index contributed by atoms with van der Waals surface area (Å²) in [6.07, 6.45) is 3.97. The monoisotopic (exact) mass is 517 g/mol. The Balaban J connectivity index is 1.45. The highest BCUT2D eigenvalue weighted by Gasteiger charge is 2.36. The number of anilines is 1. The molecular weight excluding hydrogens is 493 g/mol. The van der Waals surface area contributed by atoms with Crippen molar-refractivity contribution >= 4 is 45.4 Å². The fourth-order valence-corrected chi connectivity index (χ4v) is 5.84. The van der Waals surface area contributed by atoms with Gasteiger partial charge in [-0.2, -0.15) is 4.31 Å². The van der Waals surface area contributed by atoms with Gasteiger partial charge >= 0.3 is 0 Å². The SMILES string of the molecule is Cc1ccc(C=Cc2onc(C)c2S(=O)(=O)N2CCC(C(=O)Nc3ccc(Cl)cc3F)CC2)cc1. The van der Waals surface area contributed by atoms with Gasteiger partial charge in [-0.25, -0.2) is 12.8 Å². The van der Waals surface area contributed by atoms with E-state index in [1.54, 1.807) is 19.1 Å². The fourth-order valence-electron chi connectivity index (χ4n) is 3.96. The molecule has 0 aliphatic carbocycles. The first-order valence-electron chi connectivity index (χ1n) is 11.1. The molecule has 1 fully saturated rings. The van der Waals surface area contributed by atoms with E-state index in [4.69, 9.17) is 16.1 Å². The maximum Gasteiger partial charge on any atom is 0.248 e. The Morgan fingerprint density at radius 3 is 2.49 bits per heavy atom. The second-order valence-electron chi connectivity index (χ2n) is 8.50. The predicted octanol–water partition coefficient (Wildman–Crippen LogP) is 5.29. The number of nitrogens with one attached hydrogen (secondary N) is 1. The highest BCUT2D eigenvalue weighted by molar-refractivity contribution is 7.89. The third-order valence-electron chi connectivity index (χ3n) is 5.95. The molecule has 4 rings (SSSR count). The minimum absolute atomic E-state index is 0.0204. The van der Waals surface area contributed by atoms with Crippen LogP contribution in [0, 0.1) is 25.6 Å². The standard InChI is InChI=1S/C25H25ClFN3O4S/c1-16-3-5-18(6-4-16)7-10-23-24(17(2)29-34-23)35(32,33)30-13-11-19(12-14-30)25(31)28-22-9-8-20(26)15-21(22)27/h3-10,15,19H,11-14H2,1-2H3,(H,28,31). The zero-order valence-electron chi connectivity index (χ0n) is 19.3. The van der Waals surface area contributed by atoms with Crippen molar-refractivity contribution in [3.63, 3.8) is 0 Å². The number of piperidine rings is 1. The quantitative estimate of drug-likeness (QED) is 0.479. The molecule has 0 unspecified atom stereocenters. The zero-order valence-corrected chi connectivity index (χ0v) is 20.9. The maximum atomic E-state index is 14.0. The molecule has 2 heterocycles. The lowest BCUT2D eigenvalue weighted by molar-refractivity contribution is -0.120. The van der Waals surface area contributed by atoms with Gasteiger partial charge in [0.05, 0.1) is 5.69 Å². The fraction of sp³-hybridized carbons (Fsp3) is 0.280. The second-order valence-corrected chi connectivity index (χ2v) is 10.8. The minimum atomic E-state index is -3.89. The van der Waals surface area contributed by atoms with Crippen molar-refractivity contribution in [2.45, 2.75) is 31.6 Å². The van der Waals surface area contributed by atoms with Crippen LogP contribution in [0.2, 0.25) is 5.02 Å². The van der Waals surface area contributed by atoms with Crippen molar-refractivity contribution in [3.8, 4) is 0 Å². The van der Waals surface area contributed by atoms with Gasteiger partial charge in [0, 0.05) is 24.0 Å². The van der Waals surface area contributed by atoms with Gasteiger partial charge in [-0.15, -0.1) is 0 Å². The Kier molecular flexibility index (Phi) is 7.39. The molecule has 0 bridgehead atoms. The van der Waals surface area contributed by atoms with Gasteiger partial charge in [0.1, 0.15) is 11.5 Å². The molecule has 0 atom stereocenters. The number of nitrogens with zero attached hydrogens (tertiary/aromatic N) is 2. The largest absolute Gasteiger partial charge is 0.355 e. The van der Waals surface area contributed by atoms with E-state index in [1.807, 2.05) is 31.2 Å². The normalized spacial score (nSPS) is 15.5. The smallest absolute Gasteiger partial charge is 0.248 e. The van der Waals surface area contributed by atoms with Crippen LogP contribution < -0.4 is 5.32 Å². The Labute approximate surface area is 208 Å². The number of hydrogen-bond acceptors (Lipinski definition) is 5. The van der Waals surface area contributed by atoms with Crippen LogP contribution in [0.1, 0.15) is 35.4 Å². The Morgan fingerprint density at radius 1 is 1.14 bits per heavy atom. The third-order valence-corrected chi connectivity index (χ3v) is 8.24. The highest BCUT2D eigenvalue weighted by atomic mass is 35.5. The number of carbonyl (C=O) groups excluding carboxylic acids is 1. The lowest BCUT2D eigenvalue weighted by atomic mass is 9.97. The zero-order chi connectivity index (χ0) is 25.2. The number of sulfonamides is 1. The van der Waals surface area contributed by atoms with Crippen molar-refractivity contribution in [1.82, 2.24) is 9.46 Å². The average Bonchev–Trinajstić information content (AvgIpc) is 3.21. The summed E-state index contributed by atoms with van der Waals surface area (Å²) in [4.78, 5) is 12.6. The van der Waals surface area contributed by atoms with Crippen LogP contribution in [-0.2, 0) is 14.8 Å². The van der Waals surface area contributed by atoms with Gasteiger partial charge in [-0.05, 0) is 56.5 Å². The van der Waals surface area contributed by atoms with Crippen molar-refractivity contribution in [1.29, 1.82) is 0 Å². The van der Waals surface area contributed by atoms with Crippen LogP contribution in [0.25, 0.3) is 12.2 Å². The van der Waals surface area contributed by atoms with Crippen molar-refractivity contribution in [3.05, 3.63) is 75.9 Å². The first-order chi connectivity index (χ1) is 16.6. The van der Waals surface area contributed by atoms with E-state index in [0.717, 1.165) is 17.2 Å². The molecule has 1 N–H and O–H groups in total. The number of aryl methyl sites for hydroxylation is 2. The van der Waals surface area contributed by atoms with E-state index in [9.17, 15) is 17.6 Å². The van der Waals surface area contributed by atoms with Crippen molar-refractivity contribution < 1.29 is 22.1 Å².